The molecule has 2 heterocycles. The van der Waals surface area contributed by atoms with Crippen LogP contribution >= 0.6 is 0 Å². The maximum Gasteiger partial charge on any atom is 0.160 e. The minimum atomic E-state index is -0.0328. The Balaban J connectivity index is 0.936. The van der Waals surface area contributed by atoms with Gasteiger partial charge in [0, 0.05) is 33.2 Å². The third-order valence-electron chi connectivity index (χ3n) is 12.2. The predicted molar refractivity (Wildman–Crippen MR) is 247 cm³/mol. The zero-order valence-corrected chi connectivity index (χ0v) is 32.6. The van der Waals surface area contributed by atoms with E-state index in [-0.39, 0.29) is 5.92 Å². The highest BCUT2D eigenvalue weighted by Gasteiger charge is 2.36. The fourth-order valence-electron chi connectivity index (χ4n) is 9.32. The molecule has 0 unspecified atom stereocenters. The quantitative estimate of drug-likeness (QED) is 0.169. The Labute approximate surface area is 347 Å². The highest BCUT2D eigenvalue weighted by molar-refractivity contribution is 6.20. The highest BCUT2D eigenvalue weighted by atomic mass is 16.3. The summed E-state index contributed by atoms with van der Waals surface area (Å²) in [6, 6.07) is 75.5. The van der Waals surface area contributed by atoms with E-state index in [2.05, 4.69) is 176 Å². The van der Waals surface area contributed by atoms with Gasteiger partial charge in [-0.15, -0.1) is 0 Å². The second-order valence-electron chi connectivity index (χ2n) is 15.6. The number of hydrogen-bond donors (Lipinski definition) is 0. The second kappa shape index (κ2) is 13.9. The van der Waals surface area contributed by atoms with Gasteiger partial charge in [0.2, 0.25) is 0 Å². The number of benzene rings is 9. The van der Waals surface area contributed by atoms with E-state index >= 15 is 0 Å². The molecule has 0 saturated heterocycles. The van der Waals surface area contributed by atoms with Gasteiger partial charge in [0.25, 0.3) is 0 Å². The van der Waals surface area contributed by atoms with Crippen molar-refractivity contribution in [2.45, 2.75) is 5.92 Å². The van der Waals surface area contributed by atoms with Gasteiger partial charge < -0.3 is 4.42 Å². The molecular formula is C57H36N2O. The van der Waals surface area contributed by atoms with Crippen LogP contribution in [0.2, 0.25) is 0 Å². The normalized spacial score (nSPS) is 13.2. The molecule has 12 rings (SSSR count). The van der Waals surface area contributed by atoms with Gasteiger partial charge in [-0.1, -0.05) is 200 Å². The second-order valence-corrected chi connectivity index (χ2v) is 15.6. The van der Waals surface area contributed by atoms with Crippen LogP contribution in [0.1, 0.15) is 22.8 Å². The van der Waals surface area contributed by atoms with Crippen molar-refractivity contribution in [3.05, 3.63) is 229 Å². The zero-order valence-electron chi connectivity index (χ0n) is 32.6. The first-order valence-corrected chi connectivity index (χ1v) is 20.5. The number of furan rings is 1. The lowest BCUT2D eigenvalue weighted by Crippen LogP contribution is -1.98. The van der Waals surface area contributed by atoms with Gasteiger partial charge in [0.05, 0.1) is 17.3 Å². The number of rotatable bonds is 6. The van der Waals surface area contributed by atoms with Crippen LogP contribution in [-0.4, -0.2) is 9.97 Å². The fraction of sp³-hybridized carbons (Fsp3) is 0.0175. The summed E-state index contributed by atoms with van der Waals surface area (Å²) < 4.78 is 7.24. The van der Waals surface area contributed by atoms with Gasteiger partial charge in [-0.05, 0) is 67.1 Å². The molecule has 0 bridgehead atoms. The van der Waals surface area contributed by atoms with Gasteiger partial charge in [0.15, 0.2) is 5.82 Å². The number of nitrogens with zero attached hydrogens (tertiary/aromatic N) is 2. The van der Waals surface area contributed by atoms with E-state index in [9.17, 15) is 0 Å². The first-order valence-electron chi connectivity index (χ1n) is 20.5. The van der Waals surface area contributed by atoms with Gasteiger partial charge in [-0.25, -0.2) is 9.97 Å². The monoisotopic (exact) mass is 764 g/mol. The lowest BCUT2D eigenvalue weighted by atomic mass is 9.91. The Bertz CT molecular complexity index is 3340. The molecular weight excluding hydrogens is 729 g/mol. The summed E-state index contributed by atoms with van der Waals surface area (Å²) in [5, 5.41) is 6.05. The Morgan fingerprint density at radius 3 is 1.68 bits per heavy atom. The third-order valence-corrected chi connectivity index (χ3v) is 12.2. The van der Waals surface area contributed by atoms with Gasteiger partial charge in [-0.2, -0.15) is 0 Å². The van der Waals surface area contributed by atoms with Crippen molar-refractivity contribution < 1.29 is 4.42 Å². The molecule has 0 spiro atoms. The maximum atomic E-state index is 7.24. The Hall–Kier alpha value is -7.88. The van der Waals surface area contributed by atoms with E-state index in [4.69, 9.17) is 14.4 Å². The zero-order chi connectivity index (χ0) is 39.6. The summed E-state index contributed by atoms with van der Waals surface area (Å²) in [6.07, 6.45) is 0. The topological polar surface area (TPSA) is 38.9 Å². The molecule has 280 valence electrons. The van der Waals surface area contributed by atoms with Crippen molar-refractivity contribution in [2.75, 3.05) is 0 Å². The number of aromatic nitrogens is 2. The van der Waals surface area contributed by atoms with Crippen molar-refractivity contribution in [1.29, 1.82) is 0 Å². The average molecular weight is 765 g/mol. The van der Waals surface area contributed by atoms with E-state index in [0.29, 0.717) is 5.82 Å². The van der Waals surface area contributed by atoms with E-state index in [1.165, 1.54) is 54.7 Å². The van der Waals surface area contributed by atoms with E-state index in [1.54, 1.807) is 0 Å². The summed E-state index contributed by atoms with van der Waals surface area (Å²) >= 11 is 0. The summed E-state index contributed by atoms with van der Waals surface area (Å²) in [5.41, 5.74) is 15.4. The minimum absolute atomic E-state index is 0.0328. The first-order chi connectivity index (χ1) is 29.7. The van der Waals surface area contributed by atoms with Gasteiger partial charge >= 0.3 is 0 Å². The smallest absolute Gasteiger partial charge is 0.160 e. The average Bonchev–Trinajstić information content (AvgIpc) is 3.87. The minimum Gasteiger partial charge on any atom is -0.459 e. The summed E-state index contributed by atoms with van der Waals surface area (Å²) in [6.45, 7) is 0. The molecule has 3 heteroatoms. The molecule has 0 radical (unpaired) electrons. The maximum absolute atomic E-state index is 7.24. The molecule has 9 aromatic carbocycles. The van der Waals surface area contributed by atoms with Crippen LogP contribution in [0, 0.1) is 0 Å². The molecule has 60 heavy (non-hydrogen) atoms. The molecule has 0 aliphatic heterocycles. The number of hydrogen-bond acceptors (Lipinski definition) is 3. The lowest BCUT2D eigenvalue weighted by molar-refractivity contribution is 0.550. The Kier molecular flexibility index (Phi) is 7.92. The fourth-order valence-corrected chi connectivity index (χ4v) is 9.32. The van der Waals surface area contributed by atoms with Crippen molar-refractivity contribution in [1.82, 2.24) is 9.97 Å². The molecule has 1 aliphatic rings. The van der Waals surface area contributed by atoms with Crippen LogP contribution in [0.4, 0.5) is 0 Å². The van der Waals surface area contributed by atoms with Crippen LogP contribution in [-0.2, 0) is 0 Å². The SMILES string of the molecule is c1ccc(-c2cc(-c3ccc(-c4ccc([C@H]5c6ccccc6-c6c5oc5c(-c7cccc8ccccc78)cc7ccccc7c65)cc4)cc3)nc(-c3ccccc3)n2)cc1. The van der Waals surface area contributed by atoms with Crippen LogP contribution in [0.25, 0.3) is 99.8 Å². The molecule has 2 aromatic heterocycles. The van der Waals surface area contributed by atoms with Crippen LogP contribution < -0.4 is 0 Å². The van der Waals surface area contributed by atoms with Crippen molar-refractivity contribution >= 4 is 32.5 Å². The molecule has 0 saturated carbocycles. The largest absolute Gasteiger partial charge is 0.459 e. The molecule has 0 amide bonds. The van der Waals surface area contributed by atoms with Gasteiger partial charge in [-0.3, -0.25) is 0 Å². The van der Waals surface area contributed by atoms with E-state index in [1.807, 2.05) is 36.4 Å². The molecule has 11 aromatic rings. The standard InChI is InChI=1S/C57H36N2O/c1-3-15-39(16-4-1)50-35-51(59-57(58-50)42-17-5-2-6-18-42)40-30-26-36(27-31-40)37-28-32-41(33-29-37)52-47-23-11-12-24-48(47)54-53-45-22-10-8-19-43(45)34-49(55(53)60-56(52)54)46-25-13-20-38-14-7-9-21-44(38)46/h1-35,52H/t52-/m0/s1. The molecule has 3 nitrogen and oxygen atoms in total. The van der Waals surface area contributed by atoms with Crippen LogP contribution in [0.5, 0.6) is 0 Å². The summed E-state index contributed by atoms with van der Waals surface area (Å²) in [5.74, 6) is 1.69. The van der Waals surface area contributed by atoms with Crippen LogP contribution in [0.3, 0.4) is 0 Å². The van der Waals surface area contributed by atoms with Crippen molar-refractivity contribution in [2.24, 2.45) is 0 Å². The Morgan fingerprint density at radius 1 is 0.383 bits per heavy atom. The van der Waals surface area contributed by atoms with Crippen molar-refractivity contribution in [3.8, 4) is 67.3 Å². The van der Waals surface area contributed by atoms with E-state index in [0.717, 1.165) is 56.1 Å². The van der Waals surface area contributed by atoms with Crippen molar-refractivity contribution in [3.63, 3.8) is 0 Å². The lowest BCUT2D eigenvalue weighted by Gasteiger charge is -2.15. The van der Waals surface area contributed by atoms with E-state index < -0.39 is 0 Å². The summed E-state index contributed by atoms with van der Waals surface area (Å²) in [7, 11) is 0. The molecule has 0 N–H and O–H groups in total. The Morgan fingerprint density at radius 2 is 0.933 bits per heavy atom. The molecule has 0 fully saturated rings. The molecule has 1 aliphatic carbocycles. The van der Waals surface area contributed by atoms with Gasteiger partial charge in [0.1, 0.15) is 11.3 Å². The first kappa shape index (κ1) is 34.2. The third kappa shape index (κ3) is 5.59. The predicted octanol–water partition coefficient (Wildman–Crippen LogP) is 15.0. The van der Waals surface area contributed by atoms with Crippen LogP contribution in [0.15, 0.2) is 217 Å². The highest BCUT2D eigenvalue weighted by Crippen LogP contribution is 2.55. The summed E-state index contributed by atoms with van der Waals surface area (Å²) in [4.78, 5) is 10.0. The number of fused-ring (bicyclic) bond motifs is 8. The molecule has 1 atom stereocenters.